The number of carbonyl (C=O) groups excluding carboxylic acids is 1. The molecule has 2 fully saturated rings. The Hall–Kier alpha value is -0.300. The Morgan fingerprint density at radius 2 is 2.45 bits per heavy atom. The summed E-state index contributed by atoms with van der Waals surface area (Å²) in [6.45, 7) is 3.84. The molecule has 0 radical (unpaired) electrons. The molecule has 0 saturated carbocycles. The monoisotopic (exact) mass is 302 g/mol. The van der Waals surface area contributed by atoms with Crippen molar-refractivity contribution in [2.45, 2.75) is 43.9 Å². The molecule has 2 heterocycles. The summed E-state index contributed by atoms with van der Waals surface area (Å²) in [4.78, 5) is 11.9. The first kappa shape index (κ1) is 16.1. The van der Waals surface area contributed by atoms with Crippen molar-refractivity contribution in [2.24, 2.45) is 0 Å². The van der Waals surface area contributed by atoms with E-state index in [2.05, 4.69) is 10.6 Å². The van der Waals surface area contributed by atoms with Crippen LogP contribution in [0.25, 0.3) is 0 Å². The number of thioether (sulfide) groups is 1. The molecule has 0 aliphatic carbocycles. The summed E-state index contributed by atoms with van der Waals surface area (Å²) in [7, 11) is 1.63. The van der Waals surface area contributed by atoms with Crippen LogP contribution >= 0.6 is 11.8 Å². The summed E-state index contributed by atoms with van der Waals surface area (Å²) < 4.78 is 10.9. The molecule has 2 aliphatic heterocycles. The molecule has 116 valence electrons. The second-order valence-corrected chi connectivity index (χ2v) is 6.80. The van der Waals surface area contributed by atoms with Gasteiger partial charge in [0, 0.05) is 32.1 Å². The van der Waals surface area contributed by atoms with E-state index < -0.39 is 0 Å². The predicted molar refractivity (Wildman–Crippen MR) is 81.1 cm³/mol. The van der Waals surface area contributed by atoms with E-state index in [-0.39, 0.29) is 17.6 Å². The number of amides is 1. The van der Waals surface area contributed by atoms with E-state index in [1.54, 1.807) is 7.11 Å². The minimum absolute atomic E-state index is 0.0448. The standard InChI is InChI=1S/C14H26N2O3S/c1-11(13(17)15-5-7-18-2)16-12-3-6-19-14(9-12)4-8-20-10-14/h11-12,16H,3-10H2,1-2H3,(H,15,17). The Labute approximate surface area is 125 Å². The maximum Gasteiger partial charge on any atom is 0.236 e. The highest BCUT2D eigenvalue weighted by Gasteiger charge is 2.40. The fraction of sp³-hybridized carbons (Fsp3) is 0.929. The lowest BCUT2D eigenvalue weighted by Gasteiger charge is -2.39. The van der Waals surface area contributed by atoms with Gasteiger partial charge in [-0.1, -0.05) is 0 Å². The van der Waals surface area contributed by atoms with E-state index in [4.69, 9.17) is 9.47 Å². The van der Waals surface area contributed by atoms with Crippen LogP contribution in [0.2, 0.25) is 0 Å². The predicted octanol–water partition coefficient (Wildman–Crippen LogP) is 0.782. The molecule has 2 rings (SSSR count). The zero-order valence-electron chi connectivity index (χ0n) is 12.4. The molecule has 0 aromatic rings. The maximum atomic E-state index is 11.9. The van der Waals surface area contributed by atoms with E-state index in [0.29, 0.717) is 19.2 Å². The Bertz CT molecular complexity index is 322. The van der Waals surface area contributed by atoms with E-state index in [1.165, 1.54) is 5.75 Å². The lowest BCUT2D eigenvalue weighted by molar-refractivity contribution is -0.124. The van der Waals surface area contributed by atoms with Crippen LogP contribution in [-0.2, 0) is 14.3 Å². The molecule has 20 heavy (non-hydrogen) atoms. The van der Waals surface area contributed by atoms with Gasteiger partial charge in [0.2, 0.25) is 5.91 Å². The van der Waals surface area contributed by atoms with Gasteiger partial charge >= 0.3 is 0 Å². The minimum Gasteiger partial charge on any atom is -0.383 e. The molecular weight excluding hydrogens is 276 g/mol. The molecule has 3 unspecified atom stereocenters. The van der Waals surface area contributed by atoms with Gasteiger partial charge < -0.3 is 20.1 Å². The Morgan fingerprint density at radius 3 is 3.15 bits per heavy atom. The Kier molecular flexibility index (Phi) is 6.14. The van der Waals surface area contributed by atoms with Crippen molar-refractivity contribution in [3.8, 4) is 0 Å². The lowest BCUT2D eigenvalue weighted by Crippen LogP contribution is -2.53. The highest BCUT2D eigenvalue weighted by atomic mass is 32.2. The molecule has 5 nitrogen and oxygen atoms in total. The number of ether oxygens (including phenoxy) is 2. The first-order valence-corrected chi connectivity index (χ1v) is 8.55. The largest absolute Gasteiger partial charge is 0.383 e. The highest BCUT2D eigenvalue weighted by Crippen LogP contribution is 2.38. The Morgan fingerprint density at radius 1 is 1.60 bits per heavy atom. The molecule has 2 N–H and O–H groups in total. The highest BCUT2D eigenvalue weighted by molar-refractivity contribution is 7.99. The van der Waals surface area contributed by atoms with Gasteiger partial charge in [0.05, 0.1) is 18.2 Å². The first-order chi connectivity index (χ1) is 9.65. The number of nitrogens with one attached hydrogen (secondary N) is 2. The molecule has 6 heteroatoms. The van der Waals surface area contributed by atoms with Crippen LogP contribution in [0.15, 0.2) is 0 Å². The van der Waals surface area contributed by atoms with Crippen LogP contribution in [0.1, 0.15) is 26.2 Å². The third-order valence-electron chi connectivity index (χ3n) is 4.04. The van der Waals surface area contributed by atoms with Crippen LogP contribution < -0.4 is 10.6 Å². The van der Waals surface area contributed by atoms with Crippen LogP contribution in [0.5, 0.6) is 0 Å². The second kappa shape index (κ2) is 7.64. The molecule has 0 aromatic carbocycles. The van der Waals surface area contributed by atoms with Crippen molar-refractivity contribution in [3.63, 3.8) is 0 Å². The van der Waals surface area contributed by atoms with Gasteiger partial charge in [0.25, 0.3) is 0 Å². The molecule has 2 saturated heterocycles. The van der Waals surface area contributed by atoms with Crippen LogP contribution in [0.4, 0.5) is 0 Å². The van der Waals surface area contributed by atoms with Gasteiger partial charge in [-0.3, -0.25) is 4.79 Å². The summed E-state index contributed by atoms with van der Waals surface area (Å²) in [5, 5.41) is 6.33. The third-order valence-corrected chi connectivity index (χ3v) is 5.27. The summed E-state index contributed by atoms with van der Waals surface area (Å²) >= 11 is 1.97. The number of carbonyl (C=O) groups is 1. The van der Waals surface area contributed by atoms with Gasteiger partial charge in [-0.15, -0.1) is 0 Å². The van der Waals surface area contributed by atoms with E-state index in [0.717, 1.165) is 31.6 Å². The zero-order chi connectivity index (χ0) is 14.4. The number of hydrogen-bond donors (Lipinski definition) is 2. The smallest absolute Gasteiger partial charge is 0.236 e. The van der Waals surface area contributed by atoms with Crippen LogP contribution in [0, 0.1) is 0 Å². The lowest BCUT2D eigenvalue weighted by atomic mass is 9.89. The maximum absolute atomic E-state index is 11.9. The molecule has 2 aliphatic rings. The van der Waals surface area contributed by atoms with Gasteiger partial charge in [0.15, 0.2) is 0 Å². The number of hydrogen-bond acceptors (Lipinski definition) is 5. The summed E-state index contributed by atoms with van der Waals surface area (Å²) in [6.07, 6.45) is 3.15. The quantitative estimate of drug-likeness (QED) is 0.710. The molecular formula is C14H26N2O3S. The molecule has 0 aromatic heterocycles. The van der Waals surface area contributed by atoms with Crippen molar-refractivity contribution < 1.29 is 14.3 Å². The summed E-state index contributed by atoms with van der Waals surface area (Å²) in [6, 6.07) is 0.215. The van der Waals surface area contributed by atoms with Crippen molar-refractivity contribution in [2.75, 3.05) is 38.4 Å². The fourth-order valence-electron chi connectivity index (χ4n) is 2.89. The van der Waals surface area contributed by atoms with E-state index in [9.17, 15) is 4.79 Å². The summed E-state index contributed by atoms with van der Waals surface area (Å²) in [5.41, 5.74) is 0.0623. The van der Waals surface area contributed by atoms with Crippen LogP contribution in [-0.4, -0.2) is 62.0 Å². The van der Waals surface area contributed by atoms with Crippen molar-refractivity contribution in [1.29, 1.82) is 0 Å². The molecule has 3 atom stereocenters. The van der Waals surface area contributed by atoms with Crippen LogP contribution in [0.3, 0.4) is 0 Å². The normalized spacial score (nSPS) is 31.4. The van der Waals surface area contributed by atoms with Crippen molar-refractivity contribution in [1.82, 2.24) is 10.6 Å². The SMILES string of the molecule is COCCNC(=O)C(C)NC1CCOC2(CCSC2)C1. The summed E-state index contributed by atoms with van der Waals surface area (Å²) in [5.74, 6) is 2.34. The number of rotatable bonds is 6. The first-order valence-electron chi connectivity index (χ1n) is 7.40. The topological polar surface area (TPSA) is 59.6 Å². The average molecular weight is 302 g/mol. The van der Waals surface area contributed by atoms with Gasteiger partial charge in [-0.25, -0.2) is 0 Å². The van der Waals surface area contributed by atoms with Crippen molar-refractivity contribution in [3.05, 3.63) is 0 Å². The molecule has 1 spiro atoms. The second-order valence-electron chi connectivity index (χ2n) is 5.70. The molecule has 0 bridgehead atoms. The van der Waals surface area contributed by atoms with E-state index >= 15 is 0 Å². The average Bonchev–Trinajstić information content (AvgIpc) is 2.87. The fourth-order valence-corrected chi connectivity index (χ4v) is 4.27. The number of methoxy groups -OCH3 is 1. The van der Waals surface area contributed by atoms with E-state index in [1.807, 2.05) is 18.7 Å². The minimum atomic E-state index is -0.166. The molecule has 1 amide bonds. The van der Waals surface area contributed by atoms with Gasteiger partial charge in [-0.05, 0) is 31.9 Å². The van der Waals surface area contributed by atoms with Crippen molar-refractivity contribution >= 4 is 17.7 Å². The van der Waals surface area contributed by atoms with Gasteiger partial charge in [0.1, 0.15) is 0 Å². The Balaban J connectivity index is 1.75. The van der Waals surface area contributed by atoms with Gasteiger partial charge in [-0.2, -0.15) is 11.8 Å². The third kappa shape index (κ3) is 4.35. The zero-order valence-corrected chi connectivity index (χ0v) is 13.3.